The van der Waals surface area contributed by atoms with Crippen molar-refractivity contribution in [2.45, 2.75) is 43.7 Å². The third-order valence-corrected chi connectivity index (χ3v) is 8.31. The standard InChI is InChI=1S/C25H24ClN7OS/c1-30-9-5-17(6-10-30)33-22-4-3-18(11-16(22)14-29-33)32-24(35)31(23(34)25(32)7-2-8-25)19-12-20(26)21(13-27)28-15-19/h3-4,11-12,14-15,17H,2,5-10H2,1H3. The van der Waals surface area contributed by atoms with Gasteiger partial charge in [0.15, 0.2) is 10.8 Å². The molecular formula is C25H24ClN7OS. The van der Waals surface area contributed by atoms with E-state index in [9.17, 15) is 4.79 Å². The van der Waals surface area contributed by atoms with Crippen molar-refractivity contribution in [1.82, 2.24) is 19.7 Å². The SMILES string of the molecule is CN1CCC(n2ncc3cc(N4C(=S)N(c5cnc(C#N)c(Cl)c5)C(=O)C45CCC5)ccc32)CC1. The fraction of sp³-hybridized carbons (Fsp3) is 0.400. The lowest BCUT2D eigenvalue weighted by Crippen LogP contribution is -2.55. The van der Waals surface area contributed by atoms with Crippen LogP contribution < -0.4 is 9.80 Å². The van der Waals surface area contributed by atoms with Crippen LogP contribution in [0.1, 0.15) is 43.8 Å². The molecule has 1 spiro atoms. The van der Waals surface area contributed by atoms with Crippen LogP contribution in [0, 0.1) is 11.3 Å². The van der Waals surface area contributed by atoms with Gasteiger partial charge >= 0.3 is 0 Å². The Balaban J connectivity index is 1.37. The molecule has 3 aliphatic rings. The minimum Gasteiger partial charge on any atom is -0.306 e. The maximum atomic E-state index is 13.7. The highest BCUT2D eigenvalue weighted by molar-refractivity contribution is 7.81. The van der Waals surface area contributed by atoms with Crippen molar-refractivity contribution in [2.24, 2.45) is 0 Å². The summed E-state index contributed by atoms with van der Waals surface area (Å²) in [6.45, 7) is 2.14. The monoisotopic (exact) mass is 505 g/mol. The number of rotatable bonds is 3. The maximum Gasteiger partial charge on any atom is 0.259 e. The van der Waals surface area contributed by atoms with E-state index < -0.39 is 5.54 Å². The van der Waals surface area contributed by atoms with Gasteiger partial charge in [-0.25, -0.2) is 4.98 Å². The fourth-order valence-electron chi connectivity index (χ4n) is 5.55. The second kappa shape index (κ2) is 8.26. The molecule has 3 fully saturated rings. The van der Waals surface area contributed by atoms with Crippen LogP contribution in [0.2, 0.25) is 5.02 Å². The van der Waals surface area contributed by atoms with Crippen LogP contribution in [-0.4, -0.2) is 56.4 Å². The second-order valence-corrected chi connectivity index (χ2v) is 10.4. The molecule has 35 heavy (non-hydrogen) atoms. The largest absolute Gasteiger partial charge is 0.306 e. The minimum absolute atomic E-state index is 0.0709. The van der Waals surface area contributed by atoms with Crippen molar-refractivity contribution in [3.05, 3.63) is 47.4 Å². The number of aromatic nitrogens is 3. The maximum absolute atomic E-state index is 13.7. The average Bonchev–Trinajstić information content (AvgIpc) is 3.35. The molecule has 0 atom stereocenters. The predicted molar refractivity (Wildman–Crippen MR) is 139 cm³/mol. The Morgan fingerprint density at radius 1 is 1.17 bits per heavy atom. The number of fused-ring (bicyclic) bond motifs is 1. The first-order valence-corrected chi connectivity index (χ1v) is 12.6. The van der Waals surface area contributed by atoms with E-state index in [0.717, 1.165) is 61.8 Å². The van der Waals surface area contributed by atoms with Crippen LogP contribution in [0.3, 0.4) is 0 Å². The molecule has 10 heteroatoms. The number of benzene rings is 1. The van der Waals surface area contributed by atoms with Gasteiger partial charge in [-0.2, -0.15) is 10.4 Å². The Hall–Kier alpha value is -3.06. The third kappa shape index (κ3) is 3.35. The molecule has 0 unspecified atom stereocenters. The van der Waals surface area contributed by atoms with E-state index in [1.165, 1.54) is 11.1 Å². The van der Waals surface area contributed by atoms with Crippen LogP contribution in [0.25, 0.3) is 10.9 Å². The summed E-state index contributed by atoms with van der Waals surface area (Å²) in [6.07, 6.45) is 7.98. The molecule has 2 aliphatic heterocycles. The molecule has 0 radical (unpaired) electrons. The number of nitriles is 1. The topological polar surface area (TPSA) is 81.3 Å². The average molecular weight is 506 g/mol. The van der Waals surface area contributed by atoms with Crippen molar-refractivity contribution in [1.29, 1.82) is 5.26 Å². The molecule has 1 amide bonds. The summed E-state index contributed by atoms with van der Waals surface area (Å²) in [4.78, 5) is 23.7. The highest BCUT2D eigenvalue weighted by atomic mass is 35.5. The Labute approximate surface area is 213 Å². The number of carbonyl (C=O) groups is 1. The van der Waals surface area contributed by atoms with Gasteiger partial charge in [-0.3, -0.25) is 14.4 Å². The summed E-state index contributed by atoms with van der Waals surface area (Å²) in [5, 5.41) is 15.5. The minimum atomic E-state index is -0.699. The number of carbonyl (C=O) groups excluding carboxylic acids is 1. The number of halogens is 1. The molecule has 2 aromatic heterocycles. The molecule has 2 saturated heterocycles. The predicted octanol–water partition coefficient (Wildman–Crippen LogP) is 4.28. The number of pyridine rings is 1. The van der Waals surface area contributed by atoms with Gasteiger partial charge in [-0.05, 0) is 88.7 Å². The van der Waals surface area contributed by atoms with Crippen LogP contribution in [-0.2, 0) is 4.79 Å². The number of hydrogen-bond acceptors (Lipinski definition) is 6. The molecule has 1 saturated carbocycles. The molecule has 8 nitrogen and oxygen atoms in total. The van der Waals surface area contributed by atoms with Crippen molar-refractivity contribution >= 4 is 57.1 Å². The summed E-state index contributed by atoms with van der Waals surface area (Å²) in [6, 6.07) is 10.2. The first kappa shape index (κ1) is 22.4. The first-order chi connectivity index (χ1) is 16.9. The van der Waals surface area contributed by atoms with Crippen molar-refractivity contribution in [3.63, 3.8) is 0 Å². The summed E-state index contributed by atoms with van der Waals surface area (Å²) in [5.74, 6) is -0.0709. The number of nitrogens with zero attached hydrogens (tertiary/aromatic N) is 7. The number of amides is 1. The zero-order valence-electron chi connectivity index (χ0n) is 19.3. The molecule has 6 rings (SSSR count). The van der Waals surface area contributed by atoms with Gasteiger partial charge in [0, 0.05) is 11.1 Å². The number of anilines is 2. The van der Waals surface area contributed by atoms with Gasteiger partial charge in [0.2, 0.25) is 0 Å². The van der Waals surface area contributed by atoms with Gasteiger partial charge in [-0.15, -0.1) is 0 Å². The van der Waals surface area contributed by atoms with E-state index >= 15 is 0 Å². The molecule has 3 aromatic rings. The molecule has 4 heterocycles. The molecule has 0 N–H and O–H groups in total. The fourth-order valence-corrected chi connectivity index (χ4v) is 6.22. The van der Waals surface area contributed by atoms with E-state index in [2.05, 4.69) is 33.7 Å². The van der Waals surface area contributed by atoms with Crippen LogP contribution in [0.5, 0.6) is 0 Å². The van der Waals surface area contributed by atoms with Gasteiger partial charge in [0.25, 0.3) is 5.91 Å². The smallest absolute Gasteiger partial charge is 0.259 e. The lowest BCUT2D eigenvalue weighted by atomic mass is 9.75. The summed E-state index contributed by atoms with van der Waals surface area (Å²) < 4.78 is 2.15. The van der Waals surface area contributed by atoms with E-state index in [1.807, 2.05) is 23.2 Å². The zero-order chi connectivity index (χ0) is 24.3. The van der Waals surface area contributed by atoms with E-state index in [0.29, 0.717) is 16.8 Å². The van der Waals surface area contributed by atoms with Gasteiger partial charge < -0.3 is 9.80 Å². The van der Waals surface area contributed by atoms with Gasteiger partial charge in [0.05, 0.1) is 34.7 Å². The normalized spacial score (nSPS) is 20.6. The molecule has 1 aromatic carbocycles. The van der Waals surface area contributed by atoms with Crippen LogP contribution in [0.15, 0.2) is 36.7 Å². The summed E-state index contributed by atoms with van der Waals surface area (Å²) in [5.41, 5.74) is 1.88. The third-order valence-electron chi connectivity index (χ3n) is 7.65. The highest BCUT2D eigenvalue weighted by Crippen LogP contribution is 2.48. The van der Waals surface area contributed by atoms with Crippen LogP contribution in [0.4, 0.5) is 11.4 Å². The Kier molecular flexibility index (Phi) is 5.29. The molecule has 1 aliphatic carbocycles. The lowest BCUT2D eigenvalue weighted by molar-refractivity contribution is -0.123. The van der Waals surface area contributed by atoms with Gasteiger partial charge in [0.1, 0.15) is 11.6 Å². The Bertz CT molecular complexity index is 1400. The highest BCUT2D eigenvalue weighted by Gasteiger charge is 2.59. The van der Waals surface area contributed by atoms with Gasteiger partial charge in [-0.1, -0.05) is 11.6 Å². The van der Waals surface area contributed by atoms with E-state index in [-0.39, 0.29) is 16.6 Å². The first-order valence-electron chi connectivity index (χ1n) is 11.8. The summed E-state index contributed by atoms with van der Waals surface area (Å²) in [7, 11) is 2.16. The number of thiocarbonyl (C=S) groups is 1. The van der Waals surface area contributed by atoms with E-state index in [4.69, 9.17) is 34.2 Å². The molecular weight excluding hydrogens is 482 g/mol. The Morgan fingerprint density at radius 2 is 1.94 bits per heavy atom. The van der Waals surface area contributed by atoms with Crippen molar-refractivity contribution in [2.75, 3.05) is 29.9 Å². The quantitative estimate of drug-likeness (QED) is 0.491. The lowest BCUT2D eigenvalue weighted by Gasteiger charge is -2.43. The second-order valence-electron chi connectivity index (χ2n) is 9.65. The summed E-state index contributed by atoms with van der Waals surface area (Å²) >= 11 is 12.1. The van der Waals surface area contributed by atoms with Crippen molar-refractivity contribution in [3.8, 4) is 6.07 Å². The van der Waals surface area contributed by atoms with E-state index in [1.54, 1.807) is 6.07 Å². The number of piperidine rings is 1. The van der Waals surface area contributed by atoms with Crippen LogP contribution >= 0.6 is 23.8 Å². The zero-order valence-corrected chi connectivity index (χ0v) is 20.9. The van der Waals surface area contributed by atoms with Crippen molar-refractivity contribution < 1.29 is 4.79 Å². The Morgan fingerprint density at radius 3 is 2.60 bits per heavy atom. The molecule has 0 bridgehead atoms. The molecule has 178 valence electrons. The number of likely N-dealkylation sites (tertiary alicyclic amines) is 1. The number of hydrogen-bond donors (Lipinski definition) is 0.